The molecule has 0 atom stereocenters. The Hall–Kier alpha value is -2.99. The Bertz CT molecular complexity index is 905. The summed E-state index contributed by atoms with van der Waals surface area (Å²) in [5, 5.41) is 7.14. The molecule has 2 N–H and O–H groups in total. The Morgan fingerprint density at radius 1 is 0.926 bits per heavy atom. The van der Waals surface area contributed by atoms with Crippen molar-refractivity contribution >= 4 is 28.9 Å². The minimum atomic E-state index is 0.638. The fraction of sp³-hybridized carbons (Fsp3) is 0.200. The van der Waals surface area contributed by atoms with Crippen LogP contribution in [0.2, 0.25) is 5.02 Å². The van der Waals surface area contributed by atoms with Gasteiger partial charge in [-0.25, -0.2) is 9.97 Å². The molecule has 0 aliphatic carbocycles. The number of anilines is 3. The van der Waals surface area contributed by atoms with Crippen molar-refractivity contribution in [2.24, 2.45) is 0 Å². The fourth-order valence-electron chi connectivity index (χ4n) is 2.59. The highest BCUT2D eigenvalue weighted by Gasteiger charge is 2.05. The molecule has 27 heavy (non-hydrogen) atoms. The largest absolute Gasteiger partial charge is 0.493 e. The van der Waals surface area contributed by atoms with Gasteiger partial charge in [-0.1, -0.05) is 29.8 Å². The van der Waals surface area contributed by atoms with Gasteiger partial charge in [0.25, 0.3) is 0 Å². The highest BCUT2D eigenvalue weighted by Crippen LogP contribution is 2.28. The Labute approximate surface area is 163 Å². The third kappa shape index (κ3) is 5.01. The maximum atomic E-state index is 6.17. The maximum Gasteiger partial charge on any atom is 0.160 e. The average molecular weight is 385 g/mol. The second-order valence-corrected chi connectivity index (χ2v) is 6.17. The smallest absolute Gasteiger partial charge is 0.160 e. The molecule has 1 heterocycles. The number of hydrogen-bond donors (Lipinski definition) is 2. The summed E-state index contributed by atoms with van der Waals surface area (Å²) in [5.74, 6) is 2.86. The van der Waals surface area contributed by atoms with Gasteiger partial charge in [0.15, 0.2) is 11.5 Å². The third-order valence-electron chi connectivity index (χ3n) is 3.97. The molecule has 3 rings (SSSR count). The van der Waals surface area contributed by atoms with E-state index in [1.54, 1.807) is 14.2 Å². The van der Waals surface area contributed by atoms with Gasteiger partial charge < -0.3 is 20.1 Å². The summed E-state index contributed by atoms with van der Waals surface area (Å²) in [6.07, 6.45) is 2.33. The van der Waals surface area contributed by atoms with E-state index in [-0.39, 0.29) is 0 Å². The predicted molar refractivity (Wildman–Crippen MR) is 109 cm³/mol. The molecule has 0 radical (unpaired) electrons. The van der Waals surface area contributed by atoms with Gasteiger partial charge in [0.1, 0.15) is 18.0 Å². The van der Waals surface area contributed by atoms with Crippen LogP contribution in [0.25, 0.3) is 0 Å². The number of rotatable bonds is 8. The van der Waals surface area contributed by atoms with Gasteiger partial charge in [-0.3, -0.25) is 0 Å². The topological polar surface area (TPSA) is 68.3 Å². The van der Waals surface area contributed by atoms with E-state index < -0.39 is 0 Å². The molecular weight excluding hydrogens is 364 g/mol. The molecular formula is C20H21ClN4O2. The molecule has 0 amide bonds. The van der Waals surface area contributed by atoms with E-state index in [0.29, 0.717) is 10.8 Å². The van der Waals surface area contributed by atoms with Gasteiger partial charge in [-0.15, -0.1) is 0 Å². The number of benzene rings is 2. The number of methoxy groups -OCH3 is 2. The van der Waals surface area contributed by atoms with Crippen LogP contribution >= 0.6 is 11.6 Å². The van der Waals surface area contributed by atoms with E-state index in [4.69, 9.17) is 21.1 Å². The lowest BCUT2D eigenvalue weighted by Crippen LogP contribution is -2.07. The highest BCUT2D eigenvalue weighted by atomic mass is 35.5. The minimum absolute atomic E-state index is 0.638. The van der Waals surface area contributed by atoms with Gasteiger partial charge >= 0.3 is 0 Å². The zero-order valence-electron chi connectivity index (χ0n) is 15.2. The van der Waals surface area contributed by atoms with Crippen molar-refractivity contribution in [1.82, 2.24) is 9.97 Å². The first kappa shape index (κ1) is 18.8. The number of nitrogens with one attached hydrogen (secondary N) is 2. The van der Waals surface area contributed by atoms with Crippen LogP contribution in [0, 0.1) is 0 Å². The summed E-state index contributed by atoms with van der Waals surface area (Å²) >= 11 is 6.17. The second-order valence-electron chi connectivity index (χ2n) is 5.76. The second kappa shape index (κ2) is 9.09. The normalized spacial score (nSPS) is 10.3. The van der Waals surface area contributed by atoms with Crippen LogP contribution < -0.4 is 20.1 Å². The van der Waals surface area contributed by atoms with Crippen LogP contribution in [-0.2, 0) is 6.42 Å². The lowest BCUT2D eigenvalue weighted by molar-refractivity contribution is 0.354. The van der Waals surface area contributed by atoms with E-state index in [2.05, 4.69) is 20.6 Å². The number of ether oxygens (including phenoxy) is 2. The predicted octanol–water partition coefficient (Wildman–Crippen LogP) is 4.55. The fourth-order valence-corrected chi connectivity index (χ4v) is 2.78. The van der Waals surface area contributed by atoms with Gasteiger partial charge in [-0.2, -0.15) is 0 Å². The zero-order valence-corrected chi connectivity index (χ0v) is 16.0. The molecule has 7 heteroatoms. The number of nitrogens with zero attached hydrogens (tertiary/aromatic N) is 2. The summed E-state index contributed by atoms with van der Waals surface area (Å²) in [4.78, 5) is 8.49. The molecule has 6 nitrogen and oxygen atoms in total. The van der Waals surface area contributed by atoms with Gasteiger partial charge in [0, 0.05) is 12.6 Å². The molecule has 140 valence electrons. The Morgan fingerprint density at radius 2 is 1.70 bits per heavy atom. The Balaban J connectivity index is 1.60. The first-order valence-electron chi connectivity index (χ1n) is 8.48. The maximum absolute atomic E-state index is 6.17. The zero-order chi connectivity index (χ0) is 19.1. The van der Waals surface area contributed by atoms with E-state index >= 15 is 0 Å². The summed E-state index contributed by atoms with van der Waals surface area (Å²) in [6, 6.07) is 15.3. The number of para-hydroxylation sites is 1. The lowest BCUT2D eigenvalue weighted by atomic mass is 10.1. The number of aromatic nitrogens is 2. The van der Waals surface area contributed by atoms with E-state index in [9.17, 15) is 0 Å². The van der Waals surface area contributed by atoms with Gasteiger partial charge in [0.2, 0.25) is 0 Å². The molecule has 2 aromatic carbocycles. The molecule has 0 aliphatic rings. The summed E-state index contributed by atoms with van der Waals surface area (Å²) in [7, 11) is 3.26. The molecule has 0 fully saturated rings. The van der Waals surface area contributed by atoms with Crippen LogP contribution in [0.1, 0.15) is 5.56 Å². The molecule has 1 aromatic heterocycles. The Morgan fingerprint density at radius 3 is 2.48 bits per heavy atom. The summed E-state index contributed by atoms with van der Waals surface area (Å²) in [6.45, 7) is 0.720. The quantitative estimate of drug-likeness (QED) is 0.594. The molecule has 0 spiro atoms. The van der Waals surface area contributed by atoms with Crippen molar-refractivity contribution in [3.8, 4) is 11.5 Å². The van der Waals surface area contributed by atoms with Gasteiger partial charge in [0.05, 0.1) is 24.9 Å². The lowest BCUT2D eigenvalue weighted by Gasteiger charge is -2.11. The Kier molecular flexibility index (Phi) is 6.33. The molecule has 3 aromatic rings. The standard InChI is InChI=1S/C20H21ClN4O2/c1-26-17-8-7-14(11-18(17)27-2)9-10-22-19-12-20(24-13-23-19)25-16-6-4-3-5-15(16)21/h3-8,11-13H,9-10H2,1-2H3,(H2,22,23,24,25). The van der Waals surface area contributed by atoms with Crippen LogP contribution in [0.4, 0.5) is 17.3 Å². The number of hydrogen-bond acceptors (Lipinski definition) is 6. The monoisotopic (exact) mass is 384 g/mol. The average Bonchev–Trinajstić information content (AvgIpc) is 2.70. The van der Waals surface area contributed by atoms with Crippen molar-refractivity contribution in [1.29, 1.82) is 0 Å². The van der Waals surface area contributed by atoms with Crippen molar-refractivity contribution in [2.45, 2.75) is 6.42 Å². The van der Waals surface area contributed by atoms with Crippen LogP contribution in [0.15, 0.2) is 54.9 Å². The van der Waals surface area contributed by atoms with E-state index in [1.807, 2.05) is 48.5 Å². The number of halogens is 1. The molecule has 0 saturated heterocycles. The summed E-state index contributed by atoms with van der Waals surface area (Å²) in [5.41, 5.74) is 1.94. The van der Waals surface area contributed by atoms with Crippen molar-refractivity contribution in [3.05, 3.63) is 65.4 Å². The molecule has 0 aliphatic heterocycles. The molecule has 0 saturated carbocycles. The first-order chi connectivity index (χ1) is 13.2. The van der Waals surface area contributed by atoms with E-state index in [0.717, 1.165) is 41.5 Å². The van der Waals surface area contributed by atoms with Gasteiger partial charge in [-0.05, 0) is 36.2 Å². The first-order valence-corrected chi connectivity index (χ1v) is 8.86. The SMILES string of the molecule is COc1ccc(CCNc2cc(Nc3ccccc3Cl)ncn2)cc1OC. The molecule has 0 bridgehead atoms. The van der Waals surface area contributed by atoms with Crippen molar-refractivity contribution < 1.29 is 9.47 Å². The van der Waals surface area contributed by atoms with E-state index in [1.165, 1.54) is 6.33 Å². The van der Waals surface area contributed by atoms with Crippen molar-refractivity contribution in [3.63, 3.8) is 0 Å². The van der Waals surface area contributed by atoms with Crippen LogP contribution in [0.3, 0.4) is 0 Å². The molecule has 0 unspecified atom stereocenters. The minimum Gasteiger partial charge on any atom is -0.493 e. The summed E-state index contributed by atoms with van der Waals surface area (Å²) < 4.78 is 10.6. The third-order valence-corrected chi connectivity index (χ3v) is 4.30. The van der Waals surface area contributed by atoms with Crippen LogP contribution in [-0.4, -0.2) is 30.7 Å². The van der Waals surface area contributed by atoms with Crippen molar-refractivity contribution in [2.75, 3.05) is 31.4 Å². The highest BCUT2D eigenvalue weighted by molar-refractivity contribution is 6.33. The van der Waals surface area contributed by atoms with Crippen LogP contribution in [0.5, 0.6) is 11.5 Å².